The minimum absolute atomic E-state index is 0.0107. The maximum absolute atomic E-state index is 13.5. The molecule has 160 valence electrons. The van der Waals surface area contributed by atoms with Crippen LogP contribution >= 0.6 is 0 Å². The van der Waals surface area contributed by atoms with Crippen molar-refractivity contribution in [2.75, 3.05) is 20.1 Å². The van der Waals surface area contributed by atoms with Gasteiger partial charge in [-0.1, -0.05) is 48.8 Å². The molecule has 7 nitrogen and oxygen atoms in total. The molecule has 0 saturated carbocycles. The first-order valence-corrected chi connectivity index (χ1v) is 10.7. The SMILES string of the molecule is CCCc1cc(C(=O)N2CCC[C@@]3(C[C@@H](O)[C@H](c4ccccc4)N(C)C3=O)C2)on1. The van der Waals surface area contributed by atoms with Crippen molar-refractivity contribution < 1.29 is 19.2 Å². The number of aliphatic hydroxyl groups is 1. The molecule has 0 bridgehead atoms. The fourth-order valence-electron chi connectivity index (χ4n) is 5.04. The number of likely N-dealkylation sites (tertiary alicyclic amines) is 2. The molecule has 0 unspecified atom stereocenters. The van der Waals surface area contributed by atoms with Crippen LogP contribution in [0.2, 0.25) is 0 Å². The summed E-state index contributed by atoms with van der Waals surface area (Å²) in [5.74, 6) is -0.0303. The van der Waals surface area contributed by atoms with E-state index in [1.807, 2.05) is 37.3 Å². The lowest BCUT2D eigenvalue weighted by atomic mass is 9.69. The largest absolute Gasteiger partial charge is 0.391 e. The number of nitrogens with zero attached hydrogens (tertiary/aromatic N) is 3. The number of likely N-dealkylation sites (N-methyl/N-ethyl adjacent to an activating group) is 1. The Hall–Kier alpha value is -2.67. The van der Waals surface area contributed by atoms with E-state index in [4.69, 9.17) is 4.52 Å². The molecule has 1 aromatic heterocycles. The van der Waals surface area contributed by atoms with Crippen molar-refractivity contribution in [2.24, 2.45) is 5.41 Å². The second-order valence-corrected chi connectivity index (χ2v) is 8.59. The molecule has 7 heteroatoms. The van der Waals surface area contributed by atoms with E-state index in [2.05, 4.69) is 5.16 Å². The van der Waals surface area contributed by atoms with Gasteiger partial charge in [-0.25, -0.2) is 0 Å². The molecule has 3 atom stereocenters. The molecule has 0 radical (unpaired) electrons. The molecule has 2 aromatic rings. The second kappa shape index (κ2) is 8.22. The highest BCUT2D eigenvalue weighted by atomic mass is 16.5. The Morgan fingerprint density at radius 3 is 2.83 bits per heavy atom. The summed E-state index contributed by atoms with van der Waals surface area (Å²) in [6.07, 6.45) is 2.72. The summed E-state index contributed by atoms with van der Waals surface area (Å²) >= 11 is 0. The van der Waals surface area contributed by atoms with Crippen molar-refractivity contribution in [1.82, 2.24) is 15.0 Å². The average molecular weight is 412 g/mol. The predicted molar refractivity (Wildman–Crippen MR) is 111 cm³/mol. The first-order valence-electron chi connectivity index (χ1n) is 10.7. The van der Waals surface area contributed by atoms with Crippen molar-refractivity contribution in [3.8, 4) is 0 Å². The molecular weight excluding hydrogens is 382 g/mol. The van der Waals surface area contributed by atoms with E-state index in [1.165, 1.54) is 0 Å². The highest BCUT2D eigenvalue weighted by molar-refractivity contribution is 5.92. The third-order valence-corrected chi connectivity index (χ3v) is 6.44. The molecule has 2 saturated heterocycles. The number of carbonyl (C=O) groups excluding carboxylic acids is 2. The van der Waals surface area contributed by atoms with Gasteiger partial charge in [-0.2, -0.15) is 0 Å². The molecule has 1 N–H and O–H groups in total. The zero-order valence-corrected chi connectivity index (χ0v) is 17.6. The van der Waals surface area contributed by atoms with Gasteiger partial charge in [-0.15, -0.1) is 0 Å². The van der Waals surface area contributed by atoms with Gasteiger partial charge in [0.1, 0.15) is 0 Å². The summed E-state index contributed by atoms with van der Waals surface area (Å²) < 4.78 is 5.27. The summed E-state index contributed by atoms with van der Waals surface area (Å²) in [7, 11) is 1.75. The molecule has 2 aliphatic heterocycles. The zero-order valence-electron chi connectivity index (χ0n) is 17.6. The number of carbonyl (C=O) groups is 2. The van der Waals surface area contributed by atoms with Crippen LogP contribution in [0.1, 0.15) is 60.5 Å². The molecule has 2 aliphatic rings. The Labute approximate surface area is 176 Å². The fraction of sp³-hybridized carbons (Fsp3) is 0.522. The van der Waals surface area contributed by atoms with Crippen molar-refractivity contribution in [3.05, 3.63) is 53.4 Å². The van der Waals surface area contributed by atoms with Crippen LogP contribution in [0, 0.1) is 5.41 Å². The number of aromatic nitrogens is 1. The summed E-state index contributed by atoms with van der Waals surface area (Å²) in [4.78, 5) is 29.8. The Bertz CT molecular complexity index is 912. The number of benzene rings is 1. The molecule has 3 heterocycles. The number of hydrogen-bond donors (Lipinski definition) is 1. The summed E-state index contributed by atoms with van der Waals surface area (Å²) in [6.45, 7) is 2.90. The monoisotopic (exact) mass is 411 g/mol. The van der Waals surface area contributed by atoms with Gasteiger partial charge in [0.25, 0.3) is 5.91 Å². The van der Waals surface area contributed by atoms with Crippen LogP contribution in [-0.4, -0.2) is 58.1 Å². The number of aliphatic hydroxyl groups excluding tert-OH is 1. The van der Waals surface area contributed by atoms with Gasteiger partial charge in [0, 0.05) is 26.2 Å². The zero-order chi connectivity index (χ0) is 21.3. The Morgan fingerprint density at radius 1 is 1.33 bits per heavy atom. The van der Waals surface area contributed by atoms with Gasteiger partial charge in [-0.05, 0) is 31.2 Å². The minimum atomic E-state index is -0.764. The molecule has 2 amide bonds. The second-order valence-electron chi connectivity index (χ2n) is 8.59. The summed E-state index contributed by atoms with van der Waals surface area (Å²) in [6, 6.07) is 10.9. The molecule has 4 rings (SSSR count). The third-order valence-electron chi connectivity index (χ3n) is 6.44. The number of hydrogen-bond acceptors (Lipinski definition) is 5. The van der Waals surface area contributed by atoms with Crippen LogP contribution in [0.5, 0.6) is 0 Å². The summed E-state index contributed by atoms with van der Waals surface area (Å²) in [5.41, 5.74) is 0.923. The molecule has 0 aliphatic carbocycles. The van der Waals surface area contributed by atoms with Crippen LogP contribution in [0.15, 0.2) is 40.9 Å². The Balaban J connectivity index is 1.54. The van der Waals surface area contributed by atoms with Crippen LogP contribution in [0.3, 0.4) is 0 Å². The van der Waals surface area contributed by atoms with E-state index >= 15 is 0 Å². The lowest BCUT2D eigenvalue weighted by Crippen LogP contribution is -2.60. The number of amides is 2. The van der Waals surface area contributed by atoms with Gasteiger partial charge in [0.05, 0.1) is 23.3 Å². The Morgan fingerprint density at radius 2 is 2.10 bits per heavy atom. The third kappa shape index (κ3) is 3.62. The predicted octanol–water partition coefficient (Wildman–Crippen LogP) is 2.81. The Kier molecular flexibility index (Phi) is 5.64. The maximum atomic E-state index is 13.5. The van der Waals surface area contributed by atoms with Gasteiger partial charge >= 0.3 is 0 Å². The maximum Gasteiger partial charge on any atom is 0.292 e. The van der Waals surface area contributed by atoms with Crippen LogP contribution in [-0.2, 0) is 11.2 Å². The highest BCUT2D eigenvalue weighted by Crippen LogP contribution is 2.45. The number of piperidine rings is 2. The van der Waals surface area contributed by atoms with Gasteiger partial charge in [0.2, 0.25) is 11.7 Å². The number of aryl methyl sites for hydroxylation is 1. The average Bonchev–Trinajstić information content (AvgIpc) is 3.21. The standard InChI is InChI=1S/C23H29N3O4/c1-3-8-17-13-19(30-24-17)21(28)26-12-7-11-23(15-26)14-18(27)20(25(2)22(23)29)16-9-5-4-6-10-16/h4-6,9-10,13,18,20,27H,3,7-8,11-12,14-15H2,1-2H3/t18-,20+,23-/m1/s1. The van der Waals surface area contributed by atoms with Crippen LogP contribution < -0.4 is 0 Å². The van der Waals surface area contributed by atoms with Crippen LogP contribution in [0.25, 0.3) is 0 Å². The van der Waals surface area contributed by atoms with E-state index in [0.29, 0.717) is 25.8 Å². The van der Waals surface area contributed by atoms with Gasteiger partial charge < -0.3 is 19.4 Å². The van der Waals surface area contributed by atoms with E-state index in [-0.39, 0.29) is 30.2 Å². The molecule has 1 aromatic carbocycles. The molecular formula is C23H29N3O4. The van der Waals surface area contributed by atoms with E-state index < -0.39 is 11.5 Å². The molecule has 2 fully saturated rings. The van der Waals surface area contributed by atoms with Crippen LogP contribution in [0.4, 0.5) is 0 Å². The lowest BCUT2D eigenvalue weighted by Gasteiger charge is -2.50. The van der Waals surface area contributed by atoms with Gasteiger partial charge in [0.15, 0.2) is 0 Å². The van der Waals surface area contributed by atoms with Crippen molar-refractivity contribution >= 4 is 11.8 Å². The summed E-state index contributed by atoms with van der Waals surface area (Å²) in [5, 5.41) is 15.0. The van der Waals surface area contributed by atoms with Crippen molar-refractivity contribution in [1.29, 1.82) is 0 Å². The first kappa shape index (κ1) is 20.6. The van der Waals surface area contributed by atoms with E-state index in [9.17, 15) is 14.7 Å². The van der Waals surface area contributed by atoms with Crippen molar-refractivity contribution in [3.63, 3.8) is 0 Å². The molecule has 1 spiro atoms. The fourth-order valence-corrected chi connectivity index (χ4v) is 5.04. The quantitative estimate of drug-likeness (QED) is 0.836. The minimum Gasteiger partial charge on any atom is -0.391 e. The van der Waals surface area contributed by atoms with Gasteiger partial charge in [-0.3, -0.25) is 9.59 Å². The smallest absolute Gasteiger partial charge is 0.292 e. The van der Waals surface area contributed by atoms with E-state index in [0.717, 1.165) is 24.1 Å². The topological polar surface area (TPSA) is 86.9 Å². The van der Waals surface area contributed by atoms with Crippen molar-refractivity contribution in [2.45, 2.75) is 51.2 Å². The van der Waals surface area contributed by atoms with E-state index in [1.54, 1.807) is 22.9 Å². The first-order chi connectivity index (χ1) is 14.4. The number of rotatable bonds is 4. The normalized spacial score (nSPS) is 27.0. The molecule has 30 heavy (non-hydrogen) atoms. The highest BCUT2D eigenvalue weighted by Gasteiger charge is 2.52. The lowest BCUT2D eigenvalue weighted by molar-refractivity contribution is -0.161.